The van der Waals surface area contributed by atoms with Gasteiger partial charge in [0.2, 0.25) is 0 Å². The second-order valence-electron chi connectivity index (χ2n) is 5.12. The fraction of sp³-hybridized carbons (Fsp3) is 0.600. The Balaban J connectivity index is 2.30. The molecule has 4 heteroatoms. The molecule has 0 heterocycles. The zero-order valence-electron chi connectivity index (χ0n) is 12.0. The average molecular weight is 269 g/mol. The van der Waals surface area contributed by atoms with Gasteiger partial charge >= 0.3 is 0 Å². The van der Waals surface area contributed by atoms with Crippen LogP contribution in [-0.2, 0) is 4.74 Å². The normalized spacial score (nSPS) is 12.7. The van der Waals surface area contributed by atoms with Crippen molar-refractivity contribution in [1.29, 1.82) is 0 Å². The molecule has 0 saturated heterocycles. The lowest BCUT2D eigenvalue weighted by molar-refractivity contribution is 0.0913. The van der Waals surface area contributed by atoms with E-state index in [2.05, 4.69) is 13.8 Å². The van der Waals surface area contributed by atoms with Gasteiger partial charge in [-0.15, -0.1) is 0 Å². The Bertz CT molecular complexity index is 380. The third-order valence-corrected chi connectivity index (χ3v) is 2.81. The Morgan fingerprint density at radius 2 is 1.89 bits per heavy atom. The molecule has 0 aliphatic rings. The van der Waals surface area contributed by atoms with E-state index < -0.39 is 0 Å². The van der Waals surface area contributed by atoms with Crippen LogP contribution in [0.4, 0.5) is 4.39 Å². The Hall–Kier alpha value is -1.13. The zero-order valence-corrected chi connectivity index (χ0v) is 12.0. The number of nitrogens with two attached hydrogens (primary N) is 1. The van der Waals surface area contributed by atoms with Crippen LogP contribution in [-0.4, -0.2) is 19.8 Å². The first-order valence-corrected chi connectivity index (χ1v) is 6.76. The maximum Gasteiger partial charge on any atom is 0.165 e. The highest BCUT2D eigenvalue weighted by Crippen LogP contribution is 2.20. The molecule has 0 unspecified atom stereocenters. The summed E-state index contributed by atoms with van der Waals surface area (Å²) in [5, 5.41) is 0. The van der Waals surface area contributed by atoms with Crippen molar-refractivity contribution in [2.24, 2.45) is 11.7 Å². The maximum atomic E-state index is 13.7. The van der Waals surface area contributed by atoms with Crippen LogP contribution in [0.2, 0.25) is 0 Å². The second kappa shape index (κ2) is 8.12. The monoisotopic (exact) mass is 269 g/mol. The Morgan fingerprint density at radius 3 is 2.47 bits per heavy atom. The fourth-order valence-corrected chi connectivity index (χ4v) is 1.55. The standard InChI is InChI=1S/C15H24FNO2/c1-11(2)6-7-18-8-9-19-15-5-4-13(12(3)17)10-14(15)16/h4-5,10-12H,6-9,17H2,1-3H3/t12-/m1/s1. The van der Waals surface area contributed by atoms with Gasteiger partial charge < -0.3 is 15.2 Å². The highest BCUT2D eigenvalue weighted by Gasteiger charge is 2.07. The minimum Gasteiger partial charge on any atom is -0.488 e. The number of hydrogen-bond donors (Lipinski definition) is 1. The van der Waals surface area contributed by atoms with Gasteiger partial charge in [0, 0.05) is 12.6 Å². The van der Waals surface area contributed by atoms with Crippen molar-refractivity contribution in [2.75, 3.05) is 19.8 Å². The summed E-state index contributed by atoms with van der Waals surface area (Å²) in [7, 11) is 0. The first-order valence-electron chi connectivity index (χ1n) is 6.76. The van der Waals surface area contributed by atoms with Crippen molar-refractivity contribution in [3.8, 4) is 5.75 Å². The molecule has 0 radical (unpaired) electrons. The summed E-state index contributed by atoms with van der Waals surface area (Å²) in [6, 6.07) is 4.63. The summed E-state index contributed by atoms with van der Waals surface area (Å²) < 4.78 is 24.4. The molecule has 0 aromatic heterocycles. The molecule has 1 atom stereocenters. The van der Waals surface area contributed by atoms with Crippen LogP contribution >= 0.6 is 0 Å². The third kappa shape index (κ3) is 6.03. The van der Waals surface area contributed by atoms with E-state index in [0.29, 0.717) is 25.7 Å². The van der Waals surface area contributed by atoms with Crippen LogP contribution in [0.3, 0.4) is 0 Å². The van der Waals surface area contributed by atoms with E-state index in [1.807, 2.05) is 6.92 Å². The zero-order chi connectivity index (χ0) is 14.3. The van der Waals surface area contributed by atoms with E-state index in [-0.39, 0.29) is 17.6 Å². The van der Waals surface area contributed by atoms with Gasteiger partial charge in [0.25, 0.3) is 0 Å². The van der Waals surface area contributed by atoms with Crippen molar-refractivity contribution in [1.82, 2.24) is 0 Å². The summed E-state index contributed by atoms with van der Waals surface area (Å²) in [6.07, 6.45) is 1.03. The summed E-state index contributed by atoms with van der Waals surface area (Å²) >= 11 is 0. The van der Waals surface area contributed by atoms with Crippen molar-refractivity contribution >= 4 is 0 Å². The molecule has 1 aromatic carbocycles. The van der Waals surface area contributed by atoms with E-state index in [1.54, 1.807) is 12.1 Å². The molecule has 1 rings (SSSR count). The Morgan fingerprint density at radius 1 is 1.16 bits per heavy atom. The molecule has 108 valence electrons. The summed E-state index contributed by atoms with van der Waals surface area (Å²) in [5.74, 6) is 0.498. The van der Waals surface area contributed by atoms with Crippen molar-refractivity contribution < 1.29 is 13.9 Å². The van der Waals surface area contributed by atoms with Gasteiger partial charge in [-0.3, -0.25) is 0 Å². The minimum absolute atomic E-state index is 0.178. The molecule has 0 amide bonds. The van der Waals surface area contributed by atoms with Gasteiger partial charge in [-0.1, -0.05) is 19.9 Å². The SMILES string of the molecule is CC(C)CCOCCOc1ccc([C@@H](C)N)cc1F. The number of rotatable bonds is 8. The molecule has 0 bridgehead atoms. The largest absolute Gasteiger partial charge is 0.488 e. The van der Waals surface area contributed by atoms with Crippen LogP contribution in [0.5, 0.6) is 5.75 Å². The predicted molar refractivity (Wildman–Crippen MR) is 74.8 cm³/mol. The Labute approximate surface area is 114 Å². The van der Waals surface area contributed by atoms with E-state index >= 15 is 0 Å². The van der Waals surface area contributed by atoms with Gasteiger partial charge in [-0.25, -0.2) is 4.39 Å². The van der Waals surface area contributed by atoms with Crippen LogP contribution in [0.1, 0.15) is 38.8 Å². The lowest BCUT2D eigenvalue weighted by Crippen LogP contribution is -2.10. The molecule has 0 aliphatic heterocycles. The van der Waals surface area contributed by atoms with Crippen molar-refractivity contribution in [3.63, 3.8) is 0 Å². The number of benzene rings is 1. The maximum absolute atomic E-state index is 13.7. The fourth-order valence-electron chi connectivity index (χ4n) is 1.55. The molecule has 2 N–H and O–H groups in total. The smallest absolute Gasteiger partial charge is 0.165 e. The van der Waals surface area contributed by atoms with E-state index in [9.17, 15) is 4.39 Å². The van der Waals surface area contributed by atoms with Crippen LogP contribution in [0.15, 0.2) is 18.2 Å². The Kier molecular flexibility index (Phi) is 6.81. The molecule has 19 heavy (non-hydrogen) atoms. The van der Waals surface area contributed by atoms with Crippen molar-refractivity contribution in [2.45, 2.75) is 33.2 Å². The average Bonchev–Trinajstić information content (AvgIpc) is 2.34. The van der Waals surface area contributed by atoms with E-state index in [0.717, 1.165) is 12.0 Å². The number of hydrogen-bond acceptors (Lipinski definition) is 3. The molecule has 0 fully saturated rings. The number of ether oxygens (including phenoxy) is 2. The van der Waals surface area contributed by atoms with Gasteiger partial charge in [0.1, 0.15) is 6.61 Å². The molecule has 3 nitrogen and oxygen atoms in total. The second-order valence-corrected chi connectivity index (χ2v) is 5.12. The lowest BCUT2D eigenvalue weighted by Gasteiger charge is -2.11. The van der Waals surface area contributed by atoms with Gasteiger partial charge in [0.15, 0.2) is 11.6 Å². The van der Waals surface area contributed by atoms with Crippen molar-refractivity contribution in [3.05, 3.63) is 29.6 Å². The molecular weight excluding hydrogens is 245 g/mol. The highest BCUT2D eigenvalue weighted by molar-refractivity contribution is 5.30. The van der Waals surface area contributed by atoms with Gasteiger partial charge in [-0.2, -0.15) is 0 Å². The molecule has 1 aromatic rings. The molecule has 0 spiro atoms. The predicted octanol–water partition coefficient (Wildman–Crippen LogP) is 3.29. The molecular formula is C15H24FNO2. The van der Waals surface area contributed by atoms with Crippen LogP contribution < -0.4 is 10.5 Å². The summed E-state index contributed by atoms with van der Waals surface area (Å²) in [5.41, 5.74) is 6.45. The quantitative estimate of drug-likeness (QED) is 0.736. The van der Waals surface area contributed by atoms with Gasteiger partial charge in [-0.05, 0) is 37.0 Å². The lowest BCUT2D eigenvalue weighted by atomic mass is 10.1. The molecule has 0 saturated carbocycles. The summed E-state index contributed by atoms with van der Waals surface area (Å²) in [4.78, 5) is 0. The first-order chi connectivity index (χ1) is 9.00. The first kappa shape index (κ1) is 15.9. The van der Waals surface area contributed by atoms with Crippen LogP contribution in [0.25, 0.3) is 0 Å². The van der Waals surface area contributed by atoms with Crippen LogP contribution in [0, 0.1) is 11.7 Å². The molecule has 0 aliphatic carbocycles. The summed E-state index contributed by atoms with van der Waals surface area (Å²) in [6.45, 7) is 7.66. The number of halogens is 1. The minimum atomic E-state index is -0.378. The topological polar surface area (TPSA) is 44.5 Å². The third-order valence-electron chi connectivity index (χ3n) is 2.81. The van der Waals surface area contributed by atoms with E-state index in [4.69, 9.17) is 15.2 Å². The van der Waals surface area contributed by atoms with E-state index in [1.165, 1.54) is 6.07 Å². The van der Waals surface area contributed by atoms with Gasteiger partial charge in [0.05, 0.1) is 6.61 Å². The highest BCUT2D eigenvalue weighted by atomic mass is 19.1.